The summed E-state index contributed by atoms with van der Waals surface area (Å²) in [6, 6.07) is 1.92. The molecule has 1 N–H and O–H groups in total. The molecule has 25 heavy (non-hydrogen) atoms. The first-order valence-electron chi connectivity index (χ1n) is 8.83. The highest BCUT2D eigenvalue weighted by molar-refractivity contribution is 6.01. The predicted octanol–water partition coefficient (Wildman–Crippen LogP) is 2.22. The number of likely N-dealkylation sites (N-methyl/N-ethyl adjacent to an activating group) is 1. The molecule has 6 nitrogen and oxygen atoms in total. The van der Waals surface area contributed by atoms with Gasteiger partial charge < -0.3 is 14.4 Å². The summed E-state index contributed by atoms with van der Waals surface area (Å²) in [6.45, 7) is 5.22. The third kappa shape index (κ3) is 2.80. The van der Waals surface area contributed by atoms with Gasteiger partial charge in [-0.05, 0) is 50.4 Å². The third-order valence-corrected chi connectivity index (χ3v) is 5.21. The Morgan fingerprint density at radius 2 is 2.00 bits per heavy atom. The number of benzene rings is 1. The van der Waals surface area contributed by atoms with E-state index < -0.39 is 0 Å². The van der Waals surface area contributed by atoms with Gasteiger partial charge in [-0.3, -0.25) is 5.01 Å². The minimum absolute atomic E-state index is 0.131. The van der Waals surface area contributed by atoms with Crippen LogP contribution in [-0.2, 0) is 13.0 Å². The second kappa shape index (κ2) is 6.19. The highest BCUT2D eigenvalue weighted by atomic mass is 16.4. The van der Waals surface area contributed by atoms with Crippen molar-refractivity contribution in [2.45, 2.75) is 32.7 Å². The first-order valence-corrected chi connectivity index (χ1v) is 8.83. The van der Waals surface area contributed by atoms with Crippen LogP contribution in [0.25, 0.3) is 11.0 Å². The Balaban J connectivity index is 1.91. The Morgan fingerprint density at radius 3 is 2.76 bits per heavy atom. The van der Waals surface area contributed by atoms with Crippen molar-refractivity contribution in [1.82, 2.24) is 9.91 Å². The van der Waals surface area contributed by atoms with Crippen molar-refractivity contribution in [3.63, 3.8) is 0 Å². The molecule has 132 valence electrons. The molecule has 0 aliphatic carbocycles. The first-order chi connectivity index (χ1) is 12.0. The van der Waals surface area contributed by atoms with Crippen molar-refractivity contribution in [3.05, 3.63) is 38.7 Å². The number of aromatic hydroxyl groups is 1. The minimum atomic E-state index is -0.312. The maximum atomic E-state index is 12.5. The number of aryl methyl sites for hydroxylation is 1. The molecule has 6 heteroatoms. The number of fused-ring (bicyclic) bond motifs is 3. The van der Waals surface area contributed by atoms with Crippen molar-refractivity contribution in [2.24, 2.45) is 5.10 Å². The minimum Gasteiger partial charge on any atom is -0.507 e. The molecule has 0 radical (unpaired) electrons. The monoisotopic (exact) mass is 341 g/mol. The van der Waals surface area contributed by atoms with E-state index in [0.29, 0.717) is 17.7 Å². The lowest BCUT2D eigenvalue weighted by Gasteiger charge is -2.25. The SMILES string of the molecule is Cc1cc2c3c(c(=O)oc2c(/C=N/N2CCCC2)c1O)CN(C)CC3. The zero-order chi connectivity index (χ0) is 17.6. The van der Waals surface area contributed by atoms with Crippen LogP contribution >= 0.6 is 0 Å². The highest BCUT2D eigenvalue weighted by Gasteiger charge is 2.23. The van der Waals surface area contributed by atoms with E-state index in [9.17, 15) is 9.90 Å². The zero-order valence-corrected chi connectivity index (χ0v) is 14.7. The van der Waals surface area contributed by atoms with Crippen LogP contribution in [0.15, 0.2) is 20.4 Å². The van der Waals surface area contributed by atoms with Crippen LogP contribution in [0.3, 0.4) is 0 Å². The van der Waals surface area contributed by atoms with Gasteiger partial charge in [0.2, 0.25) is 0 Å². The van der Waals surface area contributed by atoms with Gasteiger partial charge in [-0.2, -0.15) is 5.10 Å². The van der Waals surface area contributed by atoms with Crippen molar-refractivity contribution in [3.8, 4) is 5.75 Å². The number of nitrogens with zero attached hydrogens (tertiary/aromatic N) is 3. The molecule has 2 aliphatic rings. The average molecular weight is 341 g/mol. The summed E-state index contributed by atoms with van der Waals surface area (Å²) in [5.74, 6) is 0.131. The second-order valence-electron chi connectivity index (χ2n) is 7.07. The summed E-state index contributed by atoms with van der Waals surface area (Å²) in [5.41, 5.74) is 3.18. The van der Waals surface area contributed by atoms with Gasteiger partial charge in [0.1, 0.15) is 5.75 Å². The van der Waals surface area contributed by atoms with Crippen LogP contribution in [-0.4, -0.2) is 47.9 Å². The van der Waals surface area contributed by atoms with Gasteiger partial charge >= 0.3 is 5.63 Å². The molecule has 1 saturated heterocycles. The molecule has 3 heterocycles. The summed E-state index contributed by atoms with van der Waals surface area (Å²) in [5, 5.41) is 17.9. The van der Waals surface area contributed by atoms with Crippen molar-refractivity contribution in [2.75, 3.05) is 26.7 Å². The fourth-order valence-corrected chi connectivity index (χ4v) is 3.76. The Kier molecular flexibility index (Phi) is 4.00. The summed E-state index contributed by atoms with van der Waals surface area (Å²) in [6.07, 6.45) is 4.71. The van der Waals surface area contributed by atoms with Crippen molar-refractivity contribution in [1.29, 1.82) is 0 Å². The van der Waals surface area contributed by atoms with Gasteiger partial charge in [0, 0.05) is 31.6 Å². The van der Waals surface area contributed by atoms with Crippen LogP contribution in [0.5, 0.6) is 5.75 Å². The molecule has 0 unspecified atom stereocenters. The summed E-state index contributed by atoms with van der Waals surface area (Å²) < 4.78 is 5.64. The van der Waals surface area contributed by atoms with Crippen LogP contribution < -0.4 is 5.63 Å². The molecular formula is C19H23N3O3. The molecule has 4 rings (SSSR count). The van der Waals surface area contributed by atoms with E-state index in [-0.39, 0.29) is 11.4 Å². The molecule has 1 aromatic carbocycles. The molecule has 2 aromatic rings. The van der Waals surface area contributed by atoms with Gasteiger partial charge in [0.05, 0.1) is 17.3 Å². The zero-order valence-electron chi connectivity index (χ0n) is 14.7. The van der Waals surface area contributed by atoms with Crippen LogP contribution in [0.1, 0.15) is 35.1 Å². The van der Waals surface area contributed by atoms with Gasteiger partial charge in [-0.1, -0.05) is 0 Å². The summed E-state index contributed by atoms with van der Waals surface area (Å²) in [4.78, 5) is 14.6. The molecule has 1 fully saturated rings. The quantitative estimate of drug-likeness (QED) is 0.670. The first kappa shape index (κ1) is 16.1. The fourth-order valence-electron chi connectivity index (χ4n) is 3.76. The number of hydrazone groups is 1. The number of phenols is 1. The van der Waals surface area contributed by atoms with E-state index >= 15 is 0 Å². The van der Waals surface area contributed by atoms with Crippen LogP contribution in [0, 0.1) is 6.92 Å². The standard InChI is InChI=1S/C19H23N3O3/c1-12-9-14-13-5-8-21(2)11-16(13)19(24)25-18(14)15(17(12)23)10-20-22-6-3-4-7-22/h9-10,23H,3-8,11H2,1-2H3/b20-10+. The average Bonchev–Trinajstić information content (AvgIpc) is 3.10. The molecule has 0 amide bonds. The maximum absolute atomic E-state index is 12.5. The van der Waals surface area contributed by atoms with Crippen molar-refractivity contribution >= 4 is 17.2 Å². The van der Waals surface area contributed by atoms with Crippen LogP contribution in [0.2, 0.25) is 0 Å². The van der Waals surface area contributed by atoms with Gasteiger partial charge in [-0.15, -0.1) is 0 Å². The maximum Gasteiger partial charge on any atom is 0.341 e. The molecule has 0 spiro atoms. The van der Waals surface area contributed by atoms with Crippen LogP contribution in [0.4, 0.5) is 0 Å². The smallest absolute Gasteiger partial charge is 0.341 e. The number of rotatable bonds is 2. The second-order valence-corrected chi connectivity index (χ2v) is 7.07. The Bertz CT molecular complexity index is 910. The van der Waals surface area contributed by atoms with E-state index in [4.69, 9.17) is 4.42 Å². The molecule has 0 saturated carbocycles. The topological polar surface area (TPSA) is 69.3 Å². The molecule has 0 atom stereocenters. The lowest BCUT2D eigenvalue weighted by atomic mass is 9.95. The lowest BCUT2D eigenvalue weighted by molar-refractivity contribution is 0.306. The largest absolute Gasteiger partial charge is 0.507 e. The molecule has 2 aliphatic heterocycles. The molecule has 1 aromatic heterocycles. The van der Waals surface area contributed by atoms with E-state index in [0.717, 1.165) is 61.0 Å². The lowest BCUT2D eigenvalue weighted by Crippen LogP contribution is -2.31. The third-order valence-electron chi connectivity index (χ3n) is 5.21. The summed E-state index contributed by atoms with van der Waals surface area (Å²) in [7, 11) is 2.00. The van der Waals surface area contributed by atoms with E-state index in [2.05, 4.69) is 10.0 Å². The Labute approximate surface area is 146 Å². The van der Waals surface area contributed by atoms with E-state index in [1.165, 1.54) is 0 Å². The predicted molar refractivity (Wildman–Crippen MR) is 97.3 cm³/mol. The number of hydrogen-bond acceptors (Lipinski definition) is 6. The highest BCUT2D eigenvalue weighted by Crippen LogP contribution is 2.33. The van der Waals surface area contributed by atoms with Gasteiger partial charge in [0.15, 0.2) is 5.58 Å². The van der Waals surface area contributed by atoms with E-state index in [1.54, 1.807) is 6.21 Å². The van der Waals surface area contributed by atoms with E-state index in [1.807, 2.05) is 25.0 Å². The number of hydrogen-bond donors (Lipinski definition) is 1. The normalized spacial score (nSPS) is 18.4. The fraction of sp³-hybridized carbons (Fsp3) is 0.474. The van der Waals surface area contributed by atoms with Crippen molar-refractivity contribution < 1.29 is 9.52 Å². The van der Waals surface area contributed by atoms with Gasteiger partial charge in [-0.25, -0.2) is 4.79 Å². The summed E-state index contributed by atoms with van der Waals surface area (Å²) >= 11 is 0. The Hall–Kier alpha value is -2.34. The number of phenolic OH excluding ortho intramolecular Hbond substituents is 1. The van der Waals surface area contributed by atoms with Gasteiger partial charge in [0.25, 0.3) is 0 Å². The molecule has 0 bridgehead atoms. The Morgan fingerprint density at radius 1 is 1.24 bits per heavy atom. The molecular weight excluding hydrogens is 318 g/mol.